The molecule has 0 aromatic heterocycles. The first-order chi connectivity index (χ1) is 12.4. The van der Waals surface area contributed by atoms with Crippen LogP contribution in [0.5, 0.6) is 0 Å². The van der Waals surface area contributed by atoms with Crippen molar-refractivity contribution in [1.82, 2.24) is 0 Å². The van der Waals surface area contributed by atoms with Crippen LogP contribution in [0.2, 0.25) is 0 Å². The van der Waals surface area contributed by atoms with Crippen molar-refractivity contribution in [2.45, 2.75) is 20.8 Å². The van der Waals surface area contributed by atoms with Gasteiger partial charge in [0.15, 0.2) is 5.78 Å². The van der Waals surface area contributed by atoms with Crippen LogP contribution in [0.1, 0.15) is 32.6 Å². The molecule has 0 fully saturated rings. The molecule has 0 radical (unpaired) electrons. The average Bonchev–Trinajstić information content (AvgIpc) is 2.62. The van der Waals surface area contributed by atoms with Gasteiger partial charge >= 0.3 is 26.9 Å². The SMILES string of the molecule is Cc1cc(C)c(C(=O)c2ccccc2[P+](=O)O)c(C)c1.[Li+].[c-]1ccccc1. The third kappa shape index (κ3) is 6.28. The van der Waals surface area contributed by atoms with E-state index in [-0.39, 0.29) is 29.9 Å². The van der Waals surface area contributed by atoms with Gasteiger partial charge in [-0.1, -0.05) is 29.8 Å². The smallest absolute Gasteiger partial charge is 0.288 e. The van der Waals surface area contributed by atoms with Crippen LogP contribution in [-0.4, -0.2) is 10.7 Å². The average molecular weight is 371 g/mol. The first-order valence-electron chi connectivity index (χ1n) is 8.20. The monoisotopic (exact) mass is 371 g/mol. The first-order valence-corrected chi connectivity index (χ1v) is 9.42. The molecule has 5 heteroatoms. The van der Waals surface area contributed by atoms with Crippen LogP contribution in [0, 0.1) is 26.8 Å². The zero-order valence-electron chi connectivity index (χ0n) is 16.1. The fraction of sp³-hybridized carbons (Fsp3) is 0.136. The van der Waals surface area contributed by atoms with Crippen LogP contribution in [-0.2, 0) is 4.57 Å². The molecule has 3 rings (SSSR count). The molecule has 0 aliphatic heterocycles. The second-order valence-electron chi connectivity index (χ2n) is 5.97. The Kier molecular flexibility index (Phi) is 9.36. The fourth-order valence-corrected chi connectivity index (χ4v) is 3.44. The summed E-state index contributed by atoms with van der Waals surface area (Å²) in [6, 6.07) is 22.9. The van der Waals surface area contributed by atoms with Crippen molar-refractivity contribution in [3.63, 3.8) is 0 Å². The molecule has 132 valence electrons. The molecule has 0 saturated carbocycles. The predicted octanol–water partition coefficient (Wildman–Crippen LogP) is 1.69. The molecule has 0 bridgehead atoms. The van der Waals surface area contributed by atoms with Gasteiger partial charge in [-0.25, -0.2) is 0 Å². The maximum Gasteiger partial charge on any atom is 1.00 e. The first kappa shape index (κ1) is 23.0. The normalized spacial score (nSPS) is 10.1. The van der Waals surface area contributed by atoms with Gasteiger partial charge < -0.3 is 0 Å². The summed E-state index contributed by atoms with van der Waals surface area (Å²) in [7, 11) is -2.54. The molecular weight excluding hydrogens is 350 g/mol. The molecular formula is C22H21LiO3P+. The molecule has 3 nitrogen and oxygen atoms in total. The Morgan fingerprint density at radius 2 is 1.48 bits per heavy atom. The number of ketones is 1. The van der Waals surface area contributed by atoms with Crippen molar-refractivity contribution >= 4 is 19.1 Å². The van der Waals surface area contributed by atoms with Crippen molar-refractivity contribution in [2.75, 3.05) is 0 Å². The maximum atomic E-state index is 12.7. The van der Waals surface area contributed by atoms with E-state index in [0.29, 0.717) is 11.1 Å². The van der Waals surface area contributed by atoms with E-state index in [1.54, 1.807) is 18.2 Å². The van der Waals surface area contributed by atoms with E-state index in [1.807, 2.05) is 63.2 Å². The Hall–Kier alpha value is -2.01. The van der Waals surface area contributed by atoms with Crippen molar-refractivity contribution in [3.05, 3.63) is 101 Å². The Bertz CT molecular complexity index is 874. The number of benzene rings is 3. The number of hydrogen-bond acceptors (Lipinski definition) is 2. The van der Waals surface area contributed by atoms with E-state index in [4.69, 9.17) is 0 Å². The zero-order valence-corrected chi connectivity index (χ0v) is 17.0. The number of carbonyl (C=O) groups is 1. The van der Waals surface area contributed by atoms with Crippen LogP contribution >= 0.6 is 8.03 Å². The minimum absolute atomic E-state index is 0. The summed E-state index contributed by atoms with van der Waals surface area (Å²) in [5, 5.41) is 0.187. The van der Waals surface area contributed by atoms with Crippen LogP contribution < -0.4 is 24.2 Å². The van der Waals surface area contributed by atoms with Gasteiger partial charge in [-0.05, 0) is 48.6 Å². The fourth-order valence-electron chi connectivity index (χ4n) is 2.85. The van der Waals surface area contributed by atoms with E-state index < -0.39 is 8.03 Å². The van der Waals surface area contributed by atoms with Crippen molar-refractivity contribution in [3.8, 4) is 0 Å². The second-order valence-corrected chi connectivity index (χ2v) is 7.00. The summed E-state index contributed by atoms with van der Waals surface area (Å²) >= 11 is 0. The summed E-state index contributed by atoms with van der Waals surface area (Å²) in [6.07, 6.45) is 0. The molecule has 3 aromatic rings. The molecule has 0 amide bonds. The second kappa shape index (κ2) is 11.0. The Labute approximate surface area is 173 Å². The number of rotatable bonds is 3. The van der Waals surface area contributed by atoms with E-state index in [0.717, 1.165) is 16.7 Å². The maximum absolute atomic E-state index is 12.7. The Morgan fingerprint density at radius 3 is 1.93 bits per heavy atom. The summed E-state index contributed by atoms with van der Waals surface area (Å²) < 4.78 is 11.4. The molecule has 1 N–H and O–H groups in total. The zero-order chi connectivity index (χ0) is 19.1. The molecule has 0 heterocycles. The van der Waals surface area contributed by atoms with Gasteiger partial charge in [0, 0.05) is 5.56 Å². The minimum atomic E-state index is -2.54. The topological polar surface area (TPSA) is 54.4 Å². The van der Waals surface area contributed by atoms with Crippen LogP contribution in [0.4, 0.5) is 0 Å². The van der Waals surface area contributed by atoms with Crippen LogP contribution in [0.25, 0.3) is 0 Å². The number of hydrogen-bond donors (Lipinski definition) is 1. The predicted molar refractivity (Wildman–Crippen MR) is 105 cm³/mol. The Balaban J connectivity index is 0.000000444. The molecule has 0 aliphatic carbocycles. The third-order valence-electron chi connectivity index (χ3n) is 3.87. The van der Waals surface area contributed by atoms with Crippen molar-refractivity contribution in [1.29, 1.82) is 0 Å². The van der Waals surface area contributed by atoms with Crippen LogP contribution in [0.3, 0.4) is 0 Å². The van der Waals surface area contributed by atoms with Gasteiger partial charge in [0.25, 0.3) is 0 Å². The van der Waals surface area contributed by atoms with E-state index in [1.165, 1.54) is 6.07 Å². The quantitative estimate of drug-likeness (QED) is 0.330. The van der Waals surface area contributed by atoms with Gasteiger partial charge in [-0.3, -0.25) is 4.79 Å². The summed E-state index contributed by atoms with van der Waals surface area (Å²) in [5.74, 6) is -0.201. The molecule has 0 saturated heterocycles. The largest absolute Gasteiger partial charge is 1.00 e. The molecule has 27 heavy (non-hydrogen) atoms. The number of aryl methyl sites for hydroxylation is 3. The van der Waals surface area contributed by atoms with Gasteiger partial charge in [0.05, 0.1) is 5.56 Å². The molecule has 3 aromatic carbocycles. The summed E-state index contributed by atoms with van der Waals surface area (Å²) in [5.41, 5.74) is 3.77. The standard InChI is InChI=1S/C16H15O3P.C6H5.Li/c1-10-8-11(2)15(12(3)9-10)16(17)13-6-4-5-7-14(13)20(18)19;1-2-4-6-5-3-1;/h4-9H,1-3H3;1-5H;/q;-1;+1/p+1. The summed E-state index contributed by atoms with van der Waals surface area (Å²) in [4.78, 5) is 22.0. The third-order valence-corrected chi connectivity index (χ3v) is 4.67. The molecule has 0 aliphatic rings. The van der Waals surface area contributed by atoms with E-state index in [9.17, 15) is 14.3 Å². The molecule has 1 atom stereocenters. The van der Waals surface area contributed by atoms with Gasteiger partial charge in [-0.15, -0.1) is 0 Å². The van der Waals surface area contributed by atoms with E-state index in [2.05, 4.69) is 6.07 Å². The van der Waals surface area contributed by atoms with E-state index >= 15 is 0 Å². The summed E-state index contributed by atoms with van der Waals surface area (Å²) in [6.45, 7) is 5.75. The molecule has 0 spiro atoms. The number of carbonyl (C=O) groups excluding carboxylic acids is 1. The van der Waals surface area contributed by atoms with Crippen LogP contribution in [0.15, 0.2) is 66.7 Å². The van der Waals surface area contributed by atoms with Crippen molar-refractivity contribution < 1.29 is 33.1 Å². The van der Waals surface area contributed by atoms with Gasteiger partial charge in [-0.2, -0.15) is 41.3 Å². The minimum Gasteiger partial charge on any atom is -0.288 e. The van der Waals surface area contributed by atoms with Gasteiger partial charge in [0.1, 0.15) is 0 Å². The Morgan fingerprint density at radius 1 is 0.926 bits per heavy atom. The van der Waals surface area contributed by atoms with Gasteiger partial charge in [0.2, 0.25) is 5.30 Å². The van der Waals surface area contributed by atoms with Crippen molar-refractivity contribution in [2.24, 2.45) is 0 Å². The molecule has 1 unspecified atom stereocenters.